The van der Waals surface area contributed by atoms with Gasteiger partial charge in [0.25, 0.3) is 5.91 Å². The molecule has 2 aromatic rings. The minimum Gasteiger partial charge on any atom is -0.378 e. The third-order valence-electron chi connectivity index (χ3n) is 3.84. The summed E-state index contributed by atoms with van der Waals surface area (Å²) in [5, 5.41) is 5.85. The first-order chi connectivity index (χ1) is 11.5. The second-order valence-electron chi connectivity index (χ2n) is 5.83. The van der Waals surface area contributed by atoms with Crippen molar-refractivity contribution in [1.82, 2.24) is 0 Å². The summed E-state index contributed by atoms with van der Waals surface area (Å²) < 4.78 is 0.914. The topological polar surface area (TPSA) is 35.9 Å². The van der Waals surface area contributed by atoms with Gasteiger partial charge in [-0.25, -0.2) is 0 Å². The predicted octanol–water partition coefficient (Wildman–Crippen LogP) is 4.32. The molecule has 122 valence electrons. The van der Waals surface area contributed by atoms with Gasteiger partial charge < -0.3 is 4.90 Å². The zero-order chi connectivity index (χ0) is 17.3. The Morgan fingerprint density at radius 3 is 2.46 bits per heavy atom. The number of nitrogens with zero attached hydrogens (tertiary/aromatic N) is 3. The van der Waals surface area contributed by atoms with Gasteiger partial charge in [0.1, 0.15) is 0 Å². The van der Waals surface area contributed by atoms with Crippen LogP contribution in [0.4, 0.5) is 11.4 Å². The Kier molecular flexibility index (Phi) is 4.53. The summed E-state index contributed by atoms with van der Waals surface area (Å²) in [5.74, 6) is -0.109. The summed E-state index contributed by atoms with van der Waals surface area (Å²) in [6.07, 6.45) is 1.89. The lowest BCUT2D eigenvalue weighted by Crippen LogP contribution is -2.21. The molecule has 0 N–H and O–H groups in total. The molecule has 1 amide bonds. The molecule has 0 saturated carbocycles. The highest BCUT2D eigenvalue weighted by Gasteiger charge is 2.28. The molecular weight excluding hydrogens is 366 g/mol. The molecule has 0 bridgehead atoms. The lowest BCUT2D eigenvalue weighted by Gasteiger charge is -2.12. The van der Waals surface area contributed by atoms with Crippen molar-refractivity contribution in [2.45, 2.75) is 6.92 Å². The van der Waals surface area contributed by atoms with Gasteiger partial charge in [-0.1, -0.05) is 34.1 Å². The monoisotopic (exact) mass is 383 g/mol. The van der Waals surface area contributed by atoms with Crippen molar-refractivity contribution in [3.63, 3.8) is 0 Å². The highest BCUT2D eigenvalue weighted by molar-refractivity contribution is 9.10. The molecule has 24 heavy (non-hydrogen) atoms. The van der Waals surface area contributed by atoms with Gasteiger partial charge in [-0.2, -0.15) is 10.1 Å². The van der Waals surface area contributed by atoms with Crippen LogP contribution in [0.1, 0.15) is 12.5 Å². The van der Waals surface area contributed by atoms with E-state index < -0.39 is 0 Å². The van der Waals surface area contributed by atoms with E-state index in [4.69, 9.17) is 0 Å². The SMILES string of the molecule is CC1=NN(c2cccc(Br)c2)C(=O)/C1=C/c1ccc(N(C)C)cc1. The minimum atomic E-state index is -0.109. The molecule has 0 atom stereocenters. The zero-order valence-corrected chi connectivity index (χ0v) is 15.4. The number of rotatable bonds is 3. The van der Waals surface area contributed by atoms with Crippen LogP contribution in [0.15, 0.2) is 63.7 Å². The minimum absolute atomic E-state index is 0.109. The first-order valence-electron chi connectivity index (χ1n) is 7.60. The van der Waals surface area contributed by atoms with Gasteiger partial charge in [-0.3, -0.25) is 4.79 Å². The van der Waals surface area contributed by atoms with Crippen LogP contribution >= 0.6 is 15.9 Å². The van der Waals surface area contributed by atoms with Crippen molar-refractivity contribution in [2.24, 2.45) is 5.10 Å². The highest BCUT2D eigenvalue weighted by Crippen LogP contribution is 2.27. The number of hydrogen-bond donors (Lipinski definition) is 0. The average Bonchev–Trinajstić information content (AvgIpc) is 2.83. The lowest BCUT2D eigenvalue weighted by atomic mass is 10.1. The predicted molar refractivity (Wildman–Crippen MR) is 103 cm³/mol. The second-order valence-corrected chi connectivity index (χ2v) is 6.74. The number of carbonyl (C=O) groups excluding carboxylic acids is 1. The molecule has 1 heterocycles. The Bertz CT molecular complexity index is 838. The number of carbonyl (C=O) groups is 1. The third-order valence-corrected chi connectivity index (χ3v) is 4.33. The standard InChI is InChI=1S/C19H18BrN3O/c1-13-18(11-14-7-9-16(10-8-14)22(2)3)19(24)23(21-13)17-6-4-5-15(20)12-17/h4-12H,1-3H3/b18-11+. The van der Waals surface area contributed by atoms with E-state index in [1.54, 1.807) is 0 Å². The van der Waals surface area contributed by atoms with Crippen molar-refractivity contribution in [2.75, 3.05) is 24.0 Å². The maximum absolute atomic E-state index is 12.7. The molecule has 4 nitrogen and oxygen atoms in total. The fourth-order valence-corrected chi connectivity index (χ4v) is 2.89. The molecule has 0 radical (unpaired) electrons. The Morgan fingerprint density at radius 1 is 1.12 bits per heavy atom. The van der Waals surface area contributed by atoms with E-state index in [0.717, 1.165) is 27.1 Å². The molecule has 0 spiro atoms. The van der Waals surface area contributed by atoms with Crippen LogP contribution in [-0.2, 0) is 4.79 Å². The lowest BCUT2D eigenvalue weighted by molar-refractivity contribution is -0.114. The van der Waals surface area contributed by atoms with Crippen LogP contribution < -0.4 is 9.91 Å². The van der Waals surface area contributed by atoms with E-state index >= 15 is 0 Å². The van der Waals surface area contributed by atoms with Crippen LogP contribution in [0, 0.1) is 0 Å². The highest BCUT2D eigenvalue weighted by atomic mass is 79.9. The van der Waals surface area contributed by atoms with Gasteiger partial charge in [-0.15, -0.1) is 0 Å². The van der Waals surface area contributed by atoms with Crippen molar-refractivity contribution in [3.8, 4) is 0 Å². The van der Waals surface area contributed by atoms with Crippen LogP contribution in [0.25, 0.3) is 6.08 Å². The Morgan fingerprint density at radius 2 is 1.83 bits per heavy atom. The summed E-state index contributed by atoms with van der Waals surface area (Å²) in [6.45, 7) is 1.86. The molecule has 0 saturated heterocycles. The van der Waals surface area contributed by atoms with Gasteiger partial charge in [0.2, 0.25) is 0 Å². The van der Waals surface area contributed by atoms with Crippen LogP contribution in [0.5, 0.6) is 0 Å². The molecule has 5 heteroatoms. The van der Waals surface area contributed by atoms with Crippen molar-refractivity contribution in [1.29, 1.82) is 0 Å². The number of hydrogen-bond acceptors (Lipinski definition) is 3. The Balaban J connectivity index is 1.90. The molecule has 0 aliphatic carbocycles. The Hall–Kier alpha value is -2.40. The normalized spacial score (nSPS) is 15.8. The van der Waals surface area contributed by atoms with Crippen molar-refractivity contribution in [3.05, 3.63) is 64.1 Å². The molecule has 0 fully saturated rings. The molecule has 0 aromatic heterocycles. The quantitative estimate of drug-likeness (QED) is 0.739. The largest absolute Gasteiger partial charge is 0.378 e. The van der Waals surface area contributed by atoms with Gasteiger partial charge in [-0.05, 0) is 48.9 Å². The van der Waals surface area contributed by atoms with Crippen LogP contribution in [0.3, 0.4) is 0 Å². The molecule has 2 aromatic carbocycles. The van der Waals surface area contributed by atoms with Gasteiger partial charge in [0, 0.05) is 24.3 Å². The van der Waals surface area contributed by atoms with E-state index in [-0.39, 0.29) is 5.91 Å². The number of hydrazone groups is 1. The van der Waals surface area contributed by atoms with E-state index in [9.17, 15) is 4.79 Å². The van der Waals surface area contributed by atoms with Crippen LogP contribution in [0.2, 0.25) is 0 Å². The average molecular weight is 384 g/mol. The molecule has 1 aliphatic heterocycles. The second kappa shape index (κ2) is 6.61. The fourth-order valence-electron chi connectivity index (χ4n) is 2.50. The van der Waals surface area contributed by atoms with Crippen molar-refractivity contribution >= 4 is 45.0 Å². The summed E-state index contributed by atoms with van der Waals surface area (Å²) in [6, 6.07) is 15.6. The van der Waals surface area contributed by atoms with E-state index in [1.807, 2.05) is 80.5 Å². The first kappa shape index (κ1) is 16.5. The summed E-state index contributed by atoms with van der Waals surface area (Å²) >= 11 is 3.43. The van der Waals surface area contributed by atoms with Crippen molar-refractivity contribution < 1.29 is 4.79 Å². The van der Waals surface area contributed by atoms with Gasteiger partial charge >= 0.3 is 0 Å². The maximum atomic E-state index is 12.7. The third kappa shape index (κ3) is 3.26. The van der Waals surface area contributed by atoms with Crippen LogP contribution in [-0.4, -0.2) is 25.7 Å². The maximum Gasteiger partial charge on any atom is 0.280 e. The van der Waals surface area contributed by atoms with Gasteiger partial charge in [0.05, 0.1) is 17.0 Å². The summed E-state index contributed by atoms with van der Waals surface area (Å²) in [5.41, 5.74) is 4.19. The number of amides is 1. The molecule has 1 aliphatic rings. The molecule has 0 unspecified atom stereocenters. The van der Waals surface area contributed by atoms with E-state index in [2.05, 4.69) is 21.0 Å². The first-order valence-corrected chi connectivity index (χ1v) is 8.40. The summed E-state index contributed by atoms with van der Waals surface area (Å²) in [4.78, 5) is 14.8. The summed E-state index contributed by atoms with van der Waals surface area (Å²) in [7, 11) is 4.00. The fraction of sp³-hybridized carbons (Fsp3) is 0.158. The number of anilines is 2. The number of benzene rings is 2. The Labute approximate surface area is 150 Å². The smallest absolute Gasteiger partial charge is 0.280 e. The number of halogens is 1. The molecular formula is C19H18BrN3O. The molecule has 3 rings (SSSR count). The van der Waals surface area contributed by atoms with E-state index in [1.165, 1.54) is 5.01 Å². The van der Waals surface area contributed by atoms with E-state index in [0.29, 0.717) is 5.57 Å². The zero-order valence-electron chi connectivity index (χ0n) is 13.8. The van der Waals surface area contributed by atoms with Gasteiger partial charge in [0.15, 0.2) is 0 Å².